The van der Waals surface area contributed by atoms with Gasteiger partial charge in [-0.05, 0) is 136 Å². The molecule has 2 aliphatic rings. The van der Waals surface area contributed by atoms with Gasteiger partial charge < -0.3 is 9.32 Å². The molecular weight excluding hydrogens is 835 g/mol. The van der Waals surface area contributed by atoms with Crippen LogP contribution >= 0.6 is 0 Å². The summed E-state index contributed by atoms with van der Waals surface area (Å²) in [5.74, 6) is 0. The summed E-state index contributed by atoms with van der Waals surface area (Å²) in [7, 11) is 0. The Kier molecular flexibility index (Phi) is 8.02. The molecule has 0 amide bonds. The first-order chi connectivity index (χ1) is 34.2. The summed E-state index contributed by atoms with van der Waals surface area (Å²) >= 11 is 0. The number of furan rings is 1. The van der Waals surface area contributed by atoms with E-state index in [0.29, 0.717) is 0 Å². The third-order valence-corrected chi connectivity index (χ3v) is 15.3. The second-order valence-electron chi connectivity index (χ2n) is 18.7. The molecule has 0 bridgehead atoms. The molecule has 0 saturated carbocycles. The topological polar surface area (TPSA) is 16.4 Å². The first-order valence-corrected chi connectivity index (χ1v) is 23.9. The van der Waals surface area contributed by atoms with E-state index in [-0.39, 0.29) is 0 Å². The van der Waals surface area contributed by atoms with E-state index in [1.807, 2.05) is 12.1 Å². The molecular formula is C67H41NO. The molecule has 0 radical (unpaired) electrons. The maximum Gasteiger partial charge on any atom is 0.143 e. The van der Waals surface area contributed by atoms with E-state index in [1.165, 1.54) is 76.8 Å². The number of benzene rings is 12. The number of rotatable bonds is 5. The Morgan fingerprint density at radius 3 is 1.30 bits per heavy atom. The van der Waals surface area contributed by atoms with Gasteiger partial charge in [0.05, 0.1) is 5.41 Å². The van der Waals surface area contributed by atoms with Gasteiger partial charge in [0.15, 0.2) is 0 Å². The fourth-order valence-electron chi connectivity index (χ4n) is 12.3. The van der Waals surface area contributed by atoms with E-state index in [9.17, 15) is 0 Å². The lowest BCUT2D eigenvalue weighted by Crippen LogP contribution is -2.26. The van der Waals surface area contributed by atoms with E-state index in [2.05, 4.69) is 241 Å². The van der Waals surface area contributed by atoms with Gasteiger partial charge in [0.2, 0.25) is 0 Å². The molecule has 0 N–H and O–H groups in total. The van der Waals surface area contributed by atoms with Gasteiger partial charge in [0, 0.05) is 33.4 Å². The van der Waals surface area contributed by atoms with Crippen molar-refractivity contribution in [3.05, 3.63) is 271 Å². The molecule has 0 fully saturated rings. The normalized spacial score (nSPS) is 13.0. The van der Waals surface area contributed by atoms with Crippen molar-refractivity contribution < 1.29 is 4.42 Å². The zero-order chi connectivity index (χ0) is 45.2. The van der Waals surface area contributed by atoms with Crippen LogP contribution in [-0.2, 0) is 5.41 Å². The molecule has 15 rings (SSSR count). The maximum absolute atomic E-state index is 6.42. The van der Waals surface area contributed by atoms with Crippen molar-refractivity contribution in [2.75, 3.05) is 4.90 Å². The fraction of sp³-hybridized carbons (Fsp3) is 0.0149. The lowest BCUT2D eigenvalue weighted by molar-refractivity contribution is 0.670. The van der Waals surface area contributed by atoms with Crippen LogP contribution in [0.15, 0.2) is 253 Å². The third-order valence-electron chi connectivity index (χ3n) is 15.3. The summed E-state index contributed by atoms with van der Waals surface area (Å²) in [6.45, 7) is 0. The Bertz CT molecular complexity index is 4150. The lowest BCUT2D eigenvalue weighted by atomic mass is 9.70. The summed E-state index contributed by atoms with van der Waals surface area (Å²) in [6.07, 6.45) is 0. The van der Waals surface area contributed by atoms with Crippen molar-refractivity contribution in [2.45, 2.75) is 5.41 Å². The number of fused-ring (bicyclic) bond motifs is 19. The summed E-state index contributed by atoms with van der Waals surface area (Å²) in [6, 6.07) is 91.9. The Labute approximate surface area is 399 Å². The molecule has 1 spiro atoms. The van der Waals surface area contributed by atoms with Crippen molar-refractivity contribution >= 4 is 71.3 Å². The largest absolute Gasteiger partial charge is 0.455 e. The van der Waals surface area contributed by atoms with Crippen LogP contribution in [0.4, 0.5) is 17.1 Å². The molecule has 12 aromatic carbocycles. The third kappa shape index (κ3) is 5.37. The zero-order valence-electron chi connectivity index (χ0n) is 37.5. The average Bonchev–Trinajstić information content (AvgIpc) is 4.06. The first kappa shape index (κ1) is 38.2. The Morgan fingerprint density at radius 1 is 0.261 bits per heavy atom. The first-order valence-electron chi connectivity index (χ1n) is 23.9. The van der Waals surface area contributed by atoms with Gasteiger partial charge in [-0.3, -0.25) is 0 Å². The molecule has 2 heteroatoms. The van der Waals surface area contributed by atoms with Crippen LogP contribution in [0.3, 0.4) is 0 Å². The number of para-hydroxylation sites is 2. The number of nitrogens with zero attached hydrogens (tertiary/aromatic N) is 1. The van der Waals surface area contributed by atoms with Crippen LogP contribution in [0.2, 0.25) is 0 Å². The highest BCUT2D eigenvalue weighted by molar-refractivity contribution is 6.26. The highest BCUT2D eigenvalue weighted by atomic mass is 16.3. The predicted molar refractivity (Wildman–Crippen MR) is 288 cm³/mol. The Morgan fingerprint density at radius 2 is 0.681 bits per heavy atom. The quantitative estimate of drug-likeness (QED) is 0.160. The van der Waals surface area contributed by atoms with E-state index in [4.69, 9.17) is 4.42 Å². The second kappa shape index (κ2) is 14.5. The average molecular weight is 876 g/mol. The van der Waals surface area contributed by atoms with Crippen molar-refractivity contribution in [1.29, 1.82) is 0 Å². The van der Waals surface area contributed by atoms with Gasteiger partial charge in [0.25, 0.3) is 0 Å². The van der Waals surface area contributed by atoms with Crippen LogP contribution in [0.5, 0.6) is 0 Å². The molecule has 2 aliphatic carbocycles. The van der Waals surface area contributed by atoms with Crippen LogP contribution < -0.4 is 4.90 Å². The molecule has 0 saturated heterocycles. The molecule has 0 unspecified atom stereocenters. The highest BCUT2D eigenvalue weighted by Crippen LogP contribution is 2.63. The van der Waals surface area contributed by atoms with E-state index >= 15 is 0 Å². The van der Waals surface area contributed by atoms with Gasteiger partial charge in [0.1, 0.15) is 11.2 Å². The van der Waals surface area contributed by atoms with Crippen LogP contribution in [0.25, 0.3) is 98.8 Å². The van der Waals surface area contributed by atoms with Crippen molar-refractivity contribution in [3.8, 4) is 44.5 Å². The molecule has 13 aromatic rings. The van der Waals surface area contributed by atoms with Gasteiger partial charge in [-0.15, -0.1) is 0 Å². The van der Waals surface area contributed by atoms with Crippen molar-refractivity contribution in [2.24, 2.45) is 0 Å². The van der Waals surface area contributed by atoms with Crippen LogP contribution in [0, 0.1) is 0 Å². The smallest absolute Gasteiger partial charge is 0.143 e. The van der Waals surface area contributed by atoms with Crippen LogP contribution in [-0.4, -0.2) is 0 Å². The van der Waals surface area contributed by atoms with Gasteiger partial charge in [-0.2, -0.15) is 0 Å². The Hall–Kier alpha value is -8.98. The van der Waals surface area contributed by atoms with E-state index < -0.39 is 5.41 Å². The molecule has 2 nitrogen and oxygen atoms in total. The molecule has 0 aliphatic heterocycles. The summed E-state index contributed by atoms with van der Waals surface area (Å²) in [5, 5.41) is 9.85. The molecule has 1 aromatic heterocycles. The minimum Gasteiger partial charge on any atom is -0.455 e. The summed E-state index contributed by atoms with van der Waals surface area (Å²) in [5.41, 5.74) is 19.8. The van der Waals surface area contributed by atoms with Crippen molar-refractivity contribution in [1.82, 2.24) is 0 Å². The number of anilines is 3. The van der Waals surface area contributed by atoms with Crippen LogP contribution in [0.1, 0.15) is 22.3 Å². The van der Waals surface area contributed by atoms with Gasteiger partial charge in [-0.25, -0.2) is 0 Å². The minimum atomic E-state index is -0.453. The number of hydrogen-bond donors (Lipinski definition) is 0. The monoisotopic (exact) mass is 875 g/mol. The lowest BCUT2D eigenvalue weighted by Gasteiger charge is -2.32. The molecule has 0 atom stereocenters. The highest BCUT2D eigenvalue weighted by Gasteiger charge is 2.51. The molecule has 320 valence electrons. The molecule has 1 heterocycles. The summed E-state index contributed by atoms with van der Waals surface area (Å²) < 4.78 is 6.42. The predicted octanol–water partition coefficient (Wildman–Crippen LogP) is 18.2. The SMILES string of the molecule is c1ccc2c(c1)-c1ccccc1C21c2ccccc2-c2ccc(N(c3ccc(-c4ccc(-c5cccc6c5oc5ccccc56)cc4)cc3)c3ccc4c5ccccc5c5ccccc5c4c3)cc21. The zero-order valence-corrected chi connectivity index (χ0v) is 37.5. The number of hydrogen-bond acceptors (Lipinski definition) is 2. The molecule has 69 heavy (non-hydrogen) atoms. The standard InChI is InChI=1S/C67H41NO/c1-2-16-51-49(14-1)50-15-3-4-17-52(50)60-40-46(36-38-53(51)60)68(45-34-32-43(33-35-45)42-28-30-44(31-29-42)48-22-13-23-59-58-21-8-12-27-65(58)69-66(48)59)47-37-39-57-56-20-7-11-26-63(56)67(64(57)41-47)61-24-9-5-18-54(61)55-19-6-10-25-62(55)67/h1-41H. The maximum atomic E-state index is 6.42. The van der Waals surface area contributed by atoms with Gasteiger partial charge in [-0.1, -0.05) is 206 Å². The van der Waals surface area contributed by atoms with Gasteiger partial charge >= 0.3 is 0 Å². The van der Waals surface area contributed by atoms with E-state index in [1.54, 1.807) is 0 Å². The minimum absolute atomic E-state index is 0.453. The summed E-state index contributed by atoms with van der Waals surface area (Å²) in [4.78, 5) is 2.47. The van der Waals surface area contributed by atoms with E-state index in [0.717, 1.165) is 61.3 Å². The fourth-order valence-corrected chi connectivity index (χ4v) is 12.3. The second-order valence-corrected chi connectivity index (χ2v) is 18.7. The Balaban J connectivity index is 0.903. The van der Waals surface area contributed by atoms with Crippen molar-refractivity contribution in [3.63, 3.8) is 0 Å².